The Morgan fingerprint density at radius 2 is 1.65 bits per heavy atom. The largest absolute Gasteiger partial charge is 0.353 e. The lowest BCUT2D eigenvalue weighted by Gasteiger charge is -2.30. The normalized spacial score (nSPS) is 25.0. The van der Waals surface area contributed by atoms with Crippen molar-refractivity contribution in [2.24, 2.45) is 11.8 Å². The lowest BCUT2D eigenvalue weighted by atomic mass is 9.89. The molecule has 0 bridgehead atoms. The number of hydrogen-bond acceptors (Lipinski definition) is 3. The van der Waals surface area contributed by atoms with E-state index >= 15 is 0 Å². The number of carbonyl (C=O) groups excluding carboxylic acids is 2. The first-order valence-electron chi connectivity index (χ1n) is 10.2. The molecule has 5 heteroatoms. The summed E-state index contributed by atoms with van der Waals surface area (Å²) in [5.41, 5.74) is 0. The minimum Gasteiger partial charge on any atom is -0.353 e. The van der Waals surface area contributed by atoms with Crippen LogP contribution in [-0.2, 0) is 4.79 Å². The second-order valence-corrected chi connectivity index (χ2v) is 9.52. The summed E-state index contributed by atoms with van der Waals surface area (Å²) in [6.07, 6.45) is 10.1. The molecule has 26 heavy (non-hydrogen) atoms. The Balaban J connectivity index is 1.37. The fourth-order valence-corrected chi connectivity index (χ4v) is 5.16. The number of nitrogens with one attached hydrogen (secondary N) is 2. The molecule has 2 saturated carbocycles. The number of aryl methyl sites for hydroxylation is 1. The standard InChI is InChI=1S/C21H32N2O2S/c1-14(13-16-5-3-4-6-16)20(24)22-17-8-10-18(11-9-17)23-21(25)19-12-7-15(2)26-19/h7,12,14,16-18H,3-6,8-11,13H2,1-2H3,(H,22,24)(H,23,25). The summed E-state index contributed by atoms with van der Waals surface area (Å²) in [4.78, 5) is 26.7. The Morgan fingerprint density at radius 1 is 1.04 bits per heavy atom. The van der Waals surface area contributed by atoms with Crippen molar-refractivity contribution >= 4 is 23.2 Å². The summed E-state index contributed by atoms with van der Waals surface area (Å²) in [5.74, 6) is 1.14. The van der Waals surface area contributed by atoms with Gasteiger partial charge in [-0.3, -0.25) is 9.59 Å². The molecule has 1 unspecified atom stereocenters. The van der Waals surface area contributed by atoms with Gasteiger partial charge in [0.25, 0.3) is 5.91 Å². The monoisotopic (exact) mass is 376 g/mol. The van der Waals surface area contributed by atoms with Crippen LogP contribution in [0.15, 0.2) is 12.1 Å². The van der Waals surface area contributed by atoms with Gasteiger partial charge in [-0.25, -0.2) is 0 Å². The summed E-state index contributed by atoms with van der Waals surface area (Å²) < 4.78 is 0. The molecular weight excluding hydrogens is 344 g/mol. The van der Waals surface area contributed by atoms with Crippen molar-refractivity contribution in [1.29, 1.82) is 0 Å². The fraction of sp³-hybridized carbons (Fsp3) is 0.714. The van der Waals surface area contributed by atoms with Gasteiger partial charge in [-0.15, -0.1) is 11.3 Å². The molecule has 0 aromatic carbocycles. The maximum atomic E-state index is 12.5. The van der Waals surface area contributed by atoms with Crippen LogP contribution < -0.4 is 10.6 Å². The van der Waals surface area contributed by atoms with Crippen molar-refractivity contribution in [3.8, 4) is 0 Å². The molecule has 0 spiro atoms. The van der Waals surface area contributed by atoms with Crippen molar-refractivity contribution in [2.45, 2.75) is 83.7 Å². The molecule has 1 atom stereocenters. The highest BCUT2D eigenvalue weighted by molar-refractivity contribution is 7.13. The molecule has 4 nitrogen and oxygen atoms in total. The number of rotatable bonds is 6. The zero-order valence-electron chi connectivity index (χ0n) is 16.1. The van der Waals surface area contributed by atoms with Gasteiger partial charge in [0.05, 0.1) is 4.88 Å². The summed E-state index contributed by atoms with van der Waals surface area (Å²) in [6, 6.07) is 4.38. The third kappa shape index (κ3) is 5.32. The van der Waals surface area contributed by atoms with Crippen LogP contribution in [-0.4, -0.2) is 23.9 Å². The van der Waals surface area contributed by atoms with Gasteiger partial charge in [0.2, 0.25) is 5.91 Å². The topological polar surface area (TPSA) is 58.2 Å². The van der Waals surface area contributed by atoms with E-state index in [2.05, 4.69) is 17.6 Å². The molecule has 2 amide bonds. The van der Waals surface area contributed by atoms with Crippen LogP contribution in [0.2, 0.25) is 0 Å². The predicted molar refractivity (Wildman–Crippen MR) is 106 cm³/mol. The van der Waals surface area contributed by atoms with E-state index in [0.29, 0.717) is 0 Å². The van der Waals surface area contributed by atoms with Crippen LogP contribution >= 0.6 is 11.3 Å². The highest BCUT2D eigenvalue weighted by Crippen LogP contribution is 2.30. The van der Waals surface area contributed by atoms with Gasteiger partial charge in [-0.1, -0.05) is 32.6 Å². The van der Waals surface area contributed by atoms with E-state index in [0.717, 1.165) is 47.8 Å². The first-order valence-corrected chi connectivity index (χ1v) is 11.0. The smallest absolute Gasteiger partial charge is 0.261 e. The summed E-state index contributed by atoms with van der Waals surface area (Å²) in [6.45, 7) is 4.09. The van der Waals surface area contributed by atoms with Gasteiger partial charge >= 0.3 is 0 Å². The summed E-state index contributed by atoms with van der Waals surface area (Å²) in [5, 5.41) is 6.40. The highest BCUT2D eigenvalue weighted by atomic mass is 32.1. The molecule has 144 valence electrons. The first-order chi connectivity index (χ1) is 12.5. The van der Waals surface area contributed by atoms with Crippen molar-refractivity contribution in [1.82, 2.24) is 10.6 Å². The fourth-order valence-electron chi connectivity index (χ4n) is 4.39. The van der Waals surface area contributed by atoms with Gasteiger partial charge < -0.3 is 10.6 Å². The van der Waals surface area contributed by atoms with Crippen molar-refractivity contribution < 1.29 is 9.59 Å². The zero-order valence-corrected chi connectivity index (χ0v) is 16.9. The summed E-state index contributed by atoms with van der Waals surface area (Å²) in [7, 11) is 0. The van der Waals surface area contributed by atoms with E-state index in [1.54, 1.807) is 11.3 Å². The lowest BCUT2D eigenvalue weighted by molar-refractivity contribution is -0.126. The van der Waals surface area contributed by atoms with Crippen LogP contribution in [0.25, 0.3) is 0 Å². The third-order valence-electron chi connectivity index (χ3n) is 5.98. The number of thiophene rings is 1. The molecule has 1 aromatic heterocycles. The predicted octanol–water partition coefficient (Wildman–Crippen LogP) is 4.43. The van der Waals surface area contributed by atoms with Crippen LogP contribution in [0.4, 0.5) is 0 Å². The van der Waals surface area contributed by atoms with Gasteiger partial charge in [-0.05, 0) is 57.1 Å². The first kappa shape index (κ1) is 19.4. The third-order valence-corrected chi connectivity index (χ3v) is 6.98. The van der Waals surface area contributed by atoms with Crippen LogP contribution in [0, 0.1) is 18.8 Å². The van der Waals surface area contributed by atoms with E-state index in [1.165, 1.54) is 25.7 Å². The quantitative estimate of drug-likeness (QED) is 0.771. The van der Waals surface area contributed by atoms with E-state index in [4.69, 9.17) is 0 Å². The van der Waals surface area contributed by atoms with Gasteiger partial charge in [0, 0.05) is 22.9 Å². The molecule has 2 fully saturated rings. The minimum atomic E-state index is 0.0424. The van der Waals surface area contributed by atoms with E-state index in [-0.39, 0.29) is 29.8 Å². The molecule has 0 aliphatic heterocycles. The molecular formula is C21H32N2O2S. The van der Waals surface area contributed by atoms with Crippen molar-refractivity contribution in [2.75, 3.05) is 0 Å². The van der Waals surface area contributed by atoms with Crippen molar-refractivity contribution in [3.05, 3.63) is 21.9 Å². The number of hydrogen-bond donors (Lipinski definition) is 2. The molecule has 2 N–H and O–H groups in total. The number of amides is 2. The van der Waals surface area contributed by atoms with E-state index < -0.39 is 0 Å². The maximum Gasteiger partial charge on any atom is 0.261 e. The molecule has 0 radical (unpaired) electrons. The molecule has 2 aliphatic rings. The van der Waals surface area contributed by atoms with Crippen LogP contribution in [0.3, 0.4) is 0 Å². The molecule has 0 saturated heterocycles. The summed E-state index contributed by atoms with van der Waals surface area (Å²) >= 11 is 1.54. The average molecular weight is 377 g/mol. The number of carbonyl (C=O) groups is 2. The Kier molecular flexibility index (Phi) is 6.74. The van der Waals surface area contributed by atoms with Crippen LogP contribution in [0.1, 0.15) is 79.3 Å². The molecule has 1 aromatic rings. The van der Waals surface area contributed by atoms with Gasteiger partial charge in [0.1, 0.15) is 0 Å². The van der Waals surface area contributed by atoms with E-state index in [1.807, 2.05) is 19.1 Å². The molecule has 2 aliphatic carbocycles. The van der Waals surface area contributed by atoms with Crippen molar-refractivity contribution in [3.63, 3.8) is 0 Å². The Labute approximate surface area is 161 Å². The minimum absolute atomic E-state index is 0.0424. The average Bonchev–Trinajstić information content (AvgIpc) is 3.28. The second-order valence-electron chi connectivity index (χ2n) is 8.23. The Morgan fingerprint density at radius 3 is 2.23 bits per heavy atom. The molecule has 1 heterocycles. The highest BCUT2D eigenvalue weighted by Gasteiger charge is 2.27. The Hall–Kier alpha value is -1.36. The lowest BCUT2D eigenvalue weighted by Crippen LogP contribution is -2.45. The molecule has 3 rings (SSSR count). The van der Waals surface area contributed by atoms with Gasteiger partial charge in [0.15, 0.2) is 0 Å². The van der Waals surface area contributed by atoms with E-state index in [9.17, 15) is 9.59 Å². The maximum absolute atomic E-state index is 12.5. The van der Waals surface area contributed by atoms with Crippen LogP contribution in [0.5, 0.6) is 0 Å². The zero-order chi connectivity index (χ0) is 18.5. The second kappa shape index (κ2) is 9.03. The van der Waals surface area contributed by atoms with Gasteiger partial charge in [-0.2, -0.15) is 0 Å². The Bertz CT molecular complexity index is 613. The SMILES string of the molecule is Cc1ccc(C(=O)NC2CCC(NC(=O)C(C)CC3CCCC3)CC2)s1.